The highest BCUT2D eigenvalue weighted by Crippen LogP contribution is 2.34. The molecule has 1 heterocycles. The molecule has 0 spiro atoms. The smallest absolute Gasteiger partial charge is 0.416 e. The lowest BCUT2D eigenvalue weighted by atomic mass is 10.2. The Morgan fingerprint density at radius 2 is 1.72 bits per heavy atom. The van der Waals surface area contributed by atoms with Gasteiger partial charge in [0.2, 0.25) is 0 Å². The number of benzene rings is 2. The van der Waals surface area contributed by atoms with E-state index in [9.17, 15) is 26.4 Å². The van der Waals surface area contributed by atoms with Crippen molar-refractivity contribution in [3.63, 3.8) is 0 Å². The molecule has 11 heteroatoms. The Hall–Kier alpha value is -2.98. The number of halogens is 4. The molecule has 1 aromatic heterocycles. The molecule has 0 aliphatic carbocycles. The van der Waals surface area contributed by atoms with Crippen LogP contribution in [0.5, 0.6) is 0 Å². The van der Waals surface area contributed by atoms with Gasteiger partial charge < -0.3 is 9.73 Å². The number of carbonyl (C=O) groups is 1. The summed E-state index contributed by atoms with van der Waals surface area (Å²) in [6, 6.07) is 10.6. The zero-order valence-corrected chi connectivity index (χ0v) is 15.9. The summed E-state index contributed by atoms with van der Waals surface area (Å²) in [4.78, 5) is 11.3. The number of hydrogen-bond donors (Lipinski definition) is 2. The minimum atomic E-state index is -4.73. The fourth-order valence-electron chi connectivity index (χ4n) is 2.36. The number of furan rings is 1. The van der Waals surface area contributed by atoms with Crippen LogP contribution in [0.1, 0.15) is 16.1 Å². The van der Waals surface area contributed by atoms with E-state index in [-0.39, 0.29) is 22.2 Å². The summed E-state index contributed by atoms with van der Waals surface area (Å²) >= 11 is 5.80. The maximum Gasteiger partial charge on any atom is 0.416 e. The third-order valence-corrected chi connectivity index (χ3v) is 5.53. The van der Waals surface area contributed by atoms with Crippen molar-refractivity contribution in [1.82, 2.24) is 0 Å². The highest BCUT2D eigenvalue weighted by atomic mass is 35.5. The Kier molecular flexibility index (Phi) is 5.58. The first-order valence-corrected chi connectivity index (χ1v) is 9.77. The van der Waals surface area contributed by atoms with E-state index in [0.29, 0.717) is 12.1 Å². The van der Waals surface area contributed by atoms with Crippen molar-refractivity contribution in [3.8, 4) is 0 Å². The predicted octanol–water partition coefficient (Wildman–Crippen LogP) is 5.00. The average Bonchev–Trinajstić information content (AvgIpc) is 3.15. The quantitative estimate of drug-likeness (QED) is 0.579. The molecule has 6 nitrogen and oxygen atoms in total. The van der Waals surface area contributed by atoms with E-state index in [1.54, 1.807) is 0 Å². The molecule has 2 aromatic carbocycles. The van der Waals surface area contributed by atoms with Crippen molar-refractivity contribution in [1.29, 1.82) is 0 Å². The Morgan fingerprint density at radius 3 is 2.38 bits per heavy atom. The lowest BCUT2D eigenvalue weighted by molar-refractivity contribution is -0.137. The molecule has 0 radical (unpaired) electrons. The number of amides is 1. The van der Waals surface area contributed by atoms with Crippen molar-refractivity contribution < 1.29 is 30.8 Å². The minimum Gasteiger partial charge on any atom is -0.459 e. The molecule has 0 fully saturated rings. The van der Waals surface area contributed by atoms with Crippen LogP contribution in [0.25, 0.3) is 0 Å². The lowest BCUT2D eigenvalue weighted by Gasteiger charge is -2.13. The van der Waals surface area contributed by atoms with Gasteiger partial charge in [-0.05, 0) is 48.5 Å². The second-order valence-corrected chi connectivity index (χ2v) is 7.82. The summed E-state index contributed by atoms with van der Waals surface area (Å²) in [5.74, 6) is -0.511. The van der Waals surface area contributed by atoms with Crippen molar-refractivity contribution in [2.45, 2.75) is 11.1 Å². The first-order valence-electron chi connectivity index (χ1n) is 7.91. The number of anilines is 2. The van der Waals surface area contributed by atoms with Gasteiger partial charge in [-0.1, -0.05) is 17.7 Å². The van der Waals surface area contributed by atoms with Crippen LogP contribution in [0.2, 0.25) is 5.02 Å². The van der Waals surface area contributed by atoms with Crippen molar-refractivity contribution >= 4 is 38.9 Å². The Balaban J connectivity index is 1.85. The molecule has 0 aliphatic rings. The predicted molar refractivity (Wildman–Crippen MR) is 100 cm³/mol. The summed E-state index contributed by atoms with van der Waals surface area (Å²) in [5.41, 5.74) is -0.904. The number of carbonyl (C=O) groups excluding carboxylic acids is 1. The third-order valence-electron chi connectivity index (χ3n) is 3.67. The number of sulfonamides is 1. The van der Waals surface area contributed by atoms with Gasteiger partial charge in [0.15, 0.2) is 5.76 Å². The average molecular weight is 445 g/mol. The normalized spacial score (nSPS) is 11.9. The molecule has 0 saturated heterocycles. The van der Waals surface area contributed by atoms with Gasteiger partial charge in [0.1, 0.15) is 4.90 Å². The molecule has 0 bridgehead atoms. The Bertz CT molecular complexity index is 1150. The van der Waals surface area contributed by atoms with Crippen molar-refractivity contribution in [2.75, 3.05) is 10.0 Å². The first kappa shape index (κ1) is 20.7. The topological polar surface area (TPSA) is 88.4 Å². The fraction of sp³-hybridized carbons (Fsp3) is 0.0556. The van der Waals surface area contributed by atoms with Crippen LogP contribution in [0, 0.1) is 0 Å². The SMILES string of the molecule is O=C(Nc1cccc(NS(=O)(=O)c2cc(C(F)(F)F)ccc2Cl)c1)c1ccco1. The van der Waals surface area contributed by atoms with Crippen LogP contribution >= 0.6 is 11.6 Å². The van der Waals surface area contributed by atoms with Gasteiger partial charge in [0, 0.05) is 5.69 Å². The molecule has 3 rings (SSSR count). The molecular weight excluding hydrogens is 433 g/mol. The van der Waals surface area contributed by atoms with Crippen LogP contribution in [0.4, 0.5) is 24.5 Å². The van der Waals surface area contributed by atoms with E-state index >= 15 is 0 Å². The lowest BCUT2D eigenvalue weighted by Crippen LogP contribution is -2.16. The standard InChI is InChI=1S/C18H12ClF3N2O4S/c19-14-7-6-11(18(20,21)22)9-16(14)29(26,27)24-13-4-1-3-12(10-13)23-17(25)15-5-2-8-28-15/h1-10,24H,(H,23,25). The zero-order chi connectivity index (χ0) is 21.2. The molecule has 152 valence electrons. The zero-order valence-electron chi connectivity index (χ0n) is 14.3. The number of alkyl halides is 3. The largest absolute Gasteiger partial charge is 0.459 e. The molecule has 0 saturated carbocycles. The van der Waals surface area contributed by atoms with E-state index in [1.165, 1.54) is 42.7 Å². The van der Waals surface area contributed by atoms with E-state index in [0.717, 1.165) is 6.07 Å². The monoisotopic (exact) mass is 444 g/mol. The third kappa shape index (κ3) is 4.90. The molecule has 0 atom stereocenters. The summed E-state index contributed by atoms with van der Waals surface area (Å²) in [6.07, 6.45) is -3.41. The Labute approximate surface area is 168 Å². The molecule has 29 heavy (non-hydrogen) atoms. The van der Waals surface area contributed by atoms with Gasteiger partial charge in [-0.3, -0.25) is 9.52 Å². The van der Waals surface area contributed by atoms with Crippen molar-refractivity contribution in [3.05, 3.63) is 77.2 Å². The summed E-state index contributed by atoms with van der Waals surface area (Å²) in [6.45, 7) is 0. The van der Waals surface area contributed by atoms with Gasteiger partial charge in [-0.15, -0.1) is 0 Å². The van der Waals surface area contributed by atoms with Crippen LogP contribution in [0.3, 0.4) is 0 Å². The fourth-order valence-corrected chi connectivity index (χ4v) is 3.93. The van der Waals surface area contributed by atoms with Crippen molar-refractivity contribution in [2.24, 2.45) is 0 Å². The van der Waals surface area contributed by atoms with Crippen LogP contribution in [-0.2, 0) is 16.2 Å². The maximum atomic E-state index is 12.9. The molecular formula is C18H12ClF3N2O4S. The van der Waals surface area contributed by atoms with E-state index < -0.39 is 32.6 Å². The minimum absolute atomic E-state index is 0.00993. The van der Waals surface area contributed by atoms with E-state index in [2.05, 4.69) is 10.0 Å². The molecule has 0 aliphatic heterocycles. The van der Waals surface area contributed by atoms with E-state index in [4.69, 9.17) is 16.0 Å². The molecule has 3 aromatic rings. The second-order valence-electron chi connectivity index (χ2n) is 5.76. The second kappa shape index (κ2) is 7.80. The van der Waals surface area contributed by atoms with Gasteiger partial charge in [0.25, 0.3) is 15.9 Å². The van der Waals surface area contributed by atoms with Gasteiger partial charge in [-0.2, -0.15) is 13.2 Å². The molecule has 0 unspecified atom stereocenters. The van der Waals surface area contributed by atoms with Crippen LogP contribution in [-0.4, -0.2) is 14.3 Å². The summed E-state index contributed by atoms with van der Waals surface area (Å²) < 4.78 is 70.9. The van der Waals surface area contributed by atoms with Gasteiger partial charge in [0.05, 0.1) is 22.5 Å². The maximum absolute atomic E-state index is 12.9. The molecule has 2 N–H and O–H groups in total. The number of nitrogens with one attached hydrogen (secondary N) is 2. The summed E-state index contributed by atoms with van der Waals surface area (Å²) in [7, 11) is -4.43. The highest BCUT2D eigenvalue weighted by Gasteiger charge is 2.32. The Morgan fingerprint density at radius 1 is 1.00 bits per heavy atom. The van der Waals surface area contributed by atoms with E-state index in [1.807, 2.05) is 0 Å². The number of rotatable bonds is 5. The van der Waals surface area contributed by atoms with Gasteiger partial charge >= 0.3 is 6.18 Å². The number of hydrogen-bond acceptors (Lipinski definition) is 4. The molecule has 1 amide bonds. The van der Waals surface area contributed by atoms with Gasteiger partial charge in [-0.25, -0.2) is 8.42 Å². The first-order chi connectivity index (χ1) is 13.6. The summed E-state index contributed by atoms with van der Waals surface area (Å²) in [5, 5.41) is 2.14. The van der Waals surface area contributed by atoms with Crippen LogP contribution in [0.15, 0.2) is 70.2 Å². The highest BCUT2D eigenvalue weighted by molar-refractivity contribution is 7.92. The van der Waals surface area contributed by atoms with Crippen LogP contribution < -0.4 is 10.0 Å².